The van der Waals surface area contributed by atoms with Gasteiger partial charge in [-0.05, 0) is 25.1 Å². The first-order valence-corrected chi connectivity index (χ1v) is 7.72. The van der Waals surface area contributed by atoms with Gasteiger partial charge in [-0.15, -0.1) is 0 Å². The van der Waals surface area contributed by atoms with Gasteiger partial charge in [0.2, 0.25) is 0 Å². The Labute approximate surface area is 134 Å². The lowest BCUT2D eigenvalue weighted by molar-refractivity contribution is -0.164. The Morgan fingerprint density at radius 3 is 2.00 bits per heavy atom. The third kappa shape index (κ3) is 3.95. The van der Waals surface area contributed by atoms with E-state index in [2.05, 4.69) is 20.3 Å². The predicted molar refractivity (Wildman–Crippen MR) is 79.5 cm³/mol. The summed E-state index contributed by atoms with van der Waals surface area (Å²) >= 11 is 0. The molecular weight excluding hydrogens is 326 g/mol. The Morgan fingerprint density at radius 1 is 1.13 bits per heavy atom. The Morgan fingerprint density at radius 2 is 1.61 bits per heavy atom. The van der Waals surface area contributed by atoms with Gasteiger partial charge in [0.15, 0.2) is 0 Å². The molecule has 1 N–H and O–H groups in total. The fourth-order valence-corrected chi connectivity index (χ4v) is 2.38. The molecule has 0 aliphatic rings. The van der Waals surface area contributed by atoms with Gasteiger partial charge in [-0.2, -0.15) is 18.2 Å². The van der Waals surface area contributed by atoms with Crippen molar-refractivity contribution in [3.05, 3.63) is 42.5 Å². The number of ether oxygens (including phenoxy) is 2. The highest BCUT2D eigenvalue weighted by molar-refractivity contribution is 7.86. The summed E-state index contributed by atoms with van der Waals surface area (Å²) in [6.07, 6.45) is 0.829. The summed E-state index contributed by atoms with van der Waals surface area (Å²) in [6, 6.07) is 5.77. The lowest BCUT2D eigenvalue weighted by Gasteiger charge is -2.24. The second-order valence-electron chi connectivity index (χ2n) is 4.45. The molecule has 8 nitrogen and oxygen atoms in total. The number of esters is 2. The van der Waals surface area contributed by atoms with Crippen molar-refractivity contribution in [1.29, 1.82) is 0 Å². The Balaban J connectivity index is 3.11. The molecule has 126 valence electrons. The molecule has 0 saturated carbocycles. The van der Waals surface area contributed by atoms with Crippen LogP contribution in [0.1, 0.15) is 5.56 Å². The summed E-state index contributed by atoms with van der Waals surface area (Å²) in [6.45, 7) is 5.10. The van der Waals surface area contributed by atoms with E-state index in [0.717, 1.165) is 25.9 Å². The van der Waals surface area contributed by atoms with Crippen LogP contribution in [0.2, 0.25) is 0 Å². The van der Waals surface area contributed by atoms with E-state index < -0.39 is 27.6 Å². The molecule has 1 aromatic rings. The first-order valence-electron chi connectivity index (χ1n) is 6.31. The lowest BCUT2D eigenvalue weighted by Crippen LogP contribution is -2.58. The van der Waals surface area contributed by atoms with Crippen LogP contribution in [0, 0.1) is 6.92 Å². The van der Waals surface area contributed by atoms with Crippen LogP contribution in [0.25, 0.3) is 0 Å². The lowest BCUT2D eigenvalue weighted by atomic mass is 10.0. The summed E-state index contributed by atoms with van der Waals surface area (Å²) < 4.78 is 37.8. The Kier molecular flexibility index (Phi) is 6.02. The summed E-state index contributed by atoms with van der Waals surface area (Å²) in [5, 5.41) is 0. The van der Waals surface area contributed by atoms with Crippen molar-refractivity contribution < 1.29 is 31.8 Å². The summed E-state index contributed by atoms with van der Waals surface area (Å²) in [5.41, 5.74) is 0.413. The van der Waals surface area contributed by atoms with Crippen LogP contribution in [-0.2, 0) is 33.5 Å². The van der Waals surface area contributed by atoms with Crippen LogP contribution in [0.3, 0.4) is 0 Å². The number of carbonyl (C=O) groups is 2. The van der Waals surface area contributed by atoms with Gasteiger partial charge in [0.25, 0.3) is 5.54 Å². The molecule has 0 radical (unpaired) electrons. The van der Waals surface area contributed by atoms with E-state index >= 15 is 0 Å². The maximum atomic E-state index is 12.1. The van der Waals surface area contributed by atoms with Crippen molar-refractivity contribution in [1.82, 2.24) is 5.48 Å². The maximum absolute atomic E-state index is 12.1. The average molecular weight is 343 g/mol. The minimum absolute atomic E-state index is 0.164. The van der Waals surface area contributed by atoms with Crippen LogP contribution in [0.4, 0.5) is 0 Å². The fraction of sp³-hybridized carbons (Fsp3) is 0.286. The van der Waals surface area contributed by atoms with Gasteiger partial charge >= 0.3 is 22.1 Å². The van der Waals surface area contributed by atoms with E-state index in [1.54, 1.807) is 19.1 Å². The molecule has 0 amide bonds. The molecule has 0 unspecified atom stereocenters. The maximum Gasteiger partial charge on any atom is 0.344 e. The van der Waals surface area contributed by atoms with E-state index in [4.69, 9.17) is 0 Å². The minimum Gasteiger partial charge on any atom is -0.467 e. The molecular formula is C14H17NO7S. The van der Waals surface area contributed by atoms with Crippen molar-refractivity contribution >= 4 is 22.1 Å². The van der Waals surface area contributed by atoms with E-state index in [9.17, 15) is 18.0 Å². The molecule has 1 aromatic carbocycles. The molecule has 0 saturated heterocycles. The fourth-order valence-electron chi connectivity index (χ4n) is 1.57. The van der Waals surface area contributed by atoms with Crippen LogP contribution in [0.15, 0.2) is 41.8 Å². The van der Waals surface area contributed by atoms with Crippen molar-refractivity contribution in [2.75, 3.05) is 14.2 Å². The number of carbonyl (C=O) groups excluding carboxylic acids is 2. The molecule has 9 heteroatoms. The van der Waals surface area contributed by atoms with Crippen molar-refractivity contribution in [2.45, 2.75) is 17.4 Å². The molecule has 23 heavy (non-hydrogen) atoms. The van der Waals surface area contributed by atoms with Crippen molar-refractivity contribution in [3.8, 4) is 0 Å². The third-order valence-electron chi connectivity index (χ3n) is 2.94. The second kappa shape index (κ2) is 7.36. The van der Waals surface area contributed by atoms with Crippen LogP contribution >= 0.6 is 0 Å². The van der Waals surface area contributed by atoms with E-state index in [1.165, 1.54) is 12.1 Å². The zero-order chi connectivity index (χ0) is 17.7. The Bertz CT molecular complexity index is 678. The summed E-state index contributed by atoms with van der Waals surface area (Å²) in [5.74, 6) is -2.28. The zero-order valence-corrected chi connectivity index (χ0v) is 13.7. The normalized spacial score (nSPS) is 11.6. The monoisotopic (exact) mass is 343 g/mol. The van der Waals surface area contributed by atoms with Gasteiger partial charge in [-0.3, -0.25) is 0 Å². The van der Waals surface area contributed by atoms with E-state index in [0.29, 0.717) is 0 Å². The van der Waals surface area contributed by atoms with E-state index in [1.807, 2.05) is 5.48 Å². The average Bonchev–Trinajstić information content (AvgIpc) is 2.55. The van der Waals surface area contributed by atoms with Gasteiger partial charge < -0.3 is 9.47 Å². The van der Waals surface area contributed by atoms with Gasteiger partial charge in [0.05, 0.1) is 19.1 Å². The van der Waals surface area contributed by atoms with Crippen LogP contribution in [-0.4, -0.2) is 40.1 Å². The SMILES string of the molecule is C=CC(NOS(=O)(=O)c1ccc(C)cc1)(C(=O)OC)C(=O)OC. The number of hydroxylamine groups is 1. The first kappa shape index (κ1) is 18.8. The van der Waals surface area contributed by atoms with Crippen LogP contribution < -0.4 is 5.48 Å². The van der Waals surface area contributed by atoms with Gasteiger partial charge in [0.1, 0.15) is 0 Å². The number of hydrogen-bond donors (Lipinski definition) is 1. The standard InChI is InChI=1S/C14H17NO7S/c1-5-14(12(16)20-3,13(17)21-4)15-22-23(18,19)11-8-6-10(2)7-9-11/h5-9,15H,1H2,2-4H3. The Hall–Kier alpha value is -2.23. The highest BCUT2D eigenvalue weighted by Gasteiger charge is 2.47. The smallest absolute Gasteiger partial charge is 0.344 e. The number of nitrogens with one attached hydrogen (secondary N) is 1. The first-order chi connectivity index (χ1) is 10.7. The molecule has 0 aliphatic heterocycles. The highest BCUT2D eigenvalue weighted by Crippen LogP contribution is 2.16. The van der Waals surface area contributed by atoms with Crippen molar-refractivity contribution in [3.63, 3.8) is 0 Å². The predicted octanol–water partition coefficient (Wildman–Crippen LogP) is 0.476. The summed E-state index contributed by atoms with van der Waals surface area (Å²) in [4.78, 5) is 23.5. The van der Waals surface area contributed by atoms with Crippen molar-refractivity contribution in [2.24, 2.45) is 0 Å². The molecule has 0 aliphatic carbocycles. The number of benzene rings is 1. The minimum atomic E-state index is -4.28. The largest absolute Gasteiger partial charge is 0.467 e. The third-order valence-corrected chi connectivity index (χ3v) is 4.10. The second-order valence-corrected chi connectivity index (χ2v) is 5.99. The number of methoxy groups -OCH3 is 2. The van der Waals surface area contributed by atoms with Gasteiger partial charge in [0, 0.05) is 0 Å². The highest BCUT2D eigenvalue weighted by atomic mass is 32.2. The quantitative estimate of drug-likeness (QED) is 0.329. The number of aryl methyl sites for hydroxylation is 1. The van der Waals surface area contributed by atoms with Gasteiger partial charge in [-0.25, -0.2) is 9.59 Å². The molecule has 0 heterocycles. The van der Waals surface area contributed by atoms with Gasteiger partial charge in [-0.1, -0.05) is 24.3 Å². The molecule has 0 bridgehead atoms. The van der Waals surface area contributed by atoms with Crippen LogP contribution in [0.5, 0.6) is 0 Å². The molecule has 1 rings (SSSR count). The topological polar surface area (TPSA) is 108 Å². The molecule has 0 aromatic heterocycles. The number of hydrogen-bond acceptors (Lipinski definition) is 8. The number of rotatable bonds is 7. The molecule has 0 fully saturated rings. The summed E-state index contributed by atoms with van der Waals surface area (Å²) in [7, 11) is -2.25. The zero-order valence-electron chi connectivity index (χ0n) is 12.9. The molecule has 0 spiro atoms. The molecule has 0 atom stereocenters. The van der Waals surface area contributed by atoms with E-state index in [-0.39, 0.29) is 4.90 Å².